The molecule has 0 bridgehead atoms. The fourth-order valence-electron chi connectivity index (χ4n) is 0.770. The minimum Gasteiger partial charge on any atom is -0.374 e. The van der Waals surface area contributed by atoms with Crippen LogP contribution in [0.25, 0.3) is 0 Å². The van der Waals surface area contributed by atoms with Crippen molar-refractivity contribution in [2.45, 2.75) is 4.34 Å². The van der Waals surface area contributed by atoms with E-state index in [0.717, 1.165) is 11.3 Å². The highest BCUT2D eigenvalue weighted by atomic mass is 32.2. The van der Waals surface area contributed by atoms with E-state index >= 15 is 0 Å². The molecule has 0 radical (unpaired) electrons. The lowest BCUT2D eigenvalue weighted by molar-refractivity contribution is 0.582. The number of nitrogen functional groups attached to an aromatic ring is 1. The van der Waals surface area contributed by atoms with Gasteiger partial charge < -0.3 is 5.73 Å². The molecule has 0 aromatic carbocycles. The van der Waals surface area contributed by atoms with Crippen LogP contribution in [0.2, 0.25) is 0 Å². The Morgan fingerprint density at radius 2 is 2.31 bits per heavy atom. The number of rotatable bonds is 6. The van der Waals surface area contributed by atoms with Crippen LogP contribution in [0.15, 0.2) is 4.34 Å². The minimum atomic E-state index is -3.58. The molecule has 0 fully saturated rings. The number of nitrogens with two attached hydrogens (primary N) is 1. The molecule has 9 heteroatoms. The number of sulfonamides is 1. The van der Waals surface area contributed by atoms with E-state index in [1.807, 2.05) is 0 Å². The van der Waals surface area contributed by atoms with Crippen LogP contribution in [-0.2, 0) is 10.0 Å². The Morgan fingerprint density at radius 3 is 2.88 bits per heavy atom. The molecule has 6 nitrogen and oxygen atoms in total. The largest absolute Gasteiger partial charge is 0.374 e. The number of nitrogens with zero attached hydrogens (tertiary/aromatic N) is 2. The summed E-state index contributed by atoms with van der Waals surface area (Å²) in [4.78, 5) is 0. The van der Waals surface area contributed by atoms with Crippen molar-refractivity contribution in [2.24, 2.45) is 0 Å². The van der Waals surface area contributed by atoms with Crippen LogP contribution in [0.4, 0.5) is 5.13 Å². The number of terminal acetylenes is 1. The normalized spacial score (nSPS) is 11.2. The Bertz CT molecular complexity index is 476. The maximum absolute atomic E-state index is 11.6. The molecule has 1 aromatic rings. The van der Waals surface area contributed by atoms with Crippen LogP contribution < -0.4 is 10.5 Å². The van der Waals surface area contributed by atoms with Gasteiger partial charge in [-0.05, 0) is 0 Å². The molecule has 0 aliphatic carbocycles. The first-order valence-electron chi connectivity index (χ1n) is 4.16. The van der Waals surface area contributed by atoms with Crippen molar-refractivity contribution < 1.29 is 8.42 Å². The minimum absolute atomic E-state index is 0.119. The summed E-state index contributed by atoms with van der Waals surface area (Å²) >= 11 is 2.30. The van der Waals surface area contributed by atoms with Crippen LogP contribution in [0, 0.1) is 12.3 Å². The van der Waals surface area contributed by atoms with Gasteiger partial charge in [0.05, 0.1) is 5.75 Å². The zero-order valence-electron chi connectivity index (χ0n) is 8.21. The number of hydrogen-bond donors (Lipinski definition) is 2. The average Bonchev–Trinajstić information content (AvgIpc) is 2.65. The third-order valence-corrected chi connectivity index (χ3v) is 4.82. The predicted molar refractivity (Wildman–Crippen MR) is 65.7 cm³/mol. The van der Waals surface area contributed by atoms with Crippen LogP contribution in [0.3, 0.4) is 0 Å². The molecule has 16 heavy (non-hydrogen) atoms. The second kappa shape index (κ2) is 6.05. The zero-order chi connectivity index (χ0) is 12.0. The van der Waals surface area contributed by atoms with Crippen LogP contribution in [-0.4, -0.2) is 36.7 Å². The van der Waals surface area contributed by atoms with Gasteiger partial charge in [0.1, 0.15) is 0 Å². The first kappa shape index (κ1) is 13.2. The summed E-state index contributed by atoms with van der Waals surface area (Å²) in [6.07, 6.45) is 5.05. The van der Waals surface area contributed by atoms with Crippen molar-refractivity contribution in [3.8, 4) is 12.3 Å². The Hall–Kier alpha value is -0.820. The van der Waals surface area contributed by atoms with Gasteiger partial charge in [0.2, 0.25) is 9.47 Å². The standard InChI is InChI=1S/C7H10N4O2S3/c1-2-4-14-5-3-9-16(12,13)7-11-10-6(8)15-7/h1,9H,3-5H2,(H2,8,10). The molecule has 0 saturated heterocycles. The summed E-state index contributed by atoms with van der Waals surface area (Å²) in [6.45, 7) is 0.300. The van der Waals surface area contributed by atoms with Gasteiger partial charge in [-0.2, -0.15) is 0 Å². The first-order valence-corrected chi connectivity index (χ1v) is 7.61. The van der Waals surface area contributed by atoms with Crippen molar-refractivity contribution >= 4 is 38.3 Å². The second-order valence-electron chi connectivity index (χ2n) is 2.56. The van der Waals surface area contributed by atoms with Gasteiger partial charge in [-0.1, -0.05) is 17.3 Å². The highest BCUT2D eigenvalue weighted by molar-refractivity contribution is 7.99. The van der Waals surface area contributed by atoms with E-state index in [4.69, 9.17) is 12.2 Å². The number of anilines is 1. The maximum Gasteiger partial charge on any atom is 0.269 e. The van der Waals surface area contributed by atoms with Gasteiger partial charge >= 0.3 is 0 Å². The molecular weight excluding hydrogens is 268 g/mol. The van der Waals surface area contributed by atoms with Crippen molar-refractivity contribution in [1.82, 2.24) is 14.9 Å². The number of hydrogen-bond acceptors (Lipinski definition) is 7. The quantitative estimate of drug-likeness (QED) is 0.551. The molecule has 1 rings (SSSR count). The second-order valence-corrected chi connectivity index (χ2v) is 6.62. The Kier molecular flexibility index (Phi) is 5.01. The third-order valence-electron chi connectivity index (χ3n) is 1.38. The molecule has 1 aromatic heterocycles. The SMILES string of the molecule is C#CCSCCNS(=O)(=O)c1nnc(N)s1. The average molecular weight is 278 g/mol. The van der Waals surface area contributed by atoms with Gasteiger partial charge in [0, 0.05) is 12.3 Å². The maximum atomic E-state index is 11.6. The van der Waals surface area contributed by atoms with Crippen molar-refractivity contribution in [1.29, 1.82) is 0 Å². The molecule has 0 spiro atoms. The molecule has 0 unspecified atom stereocenters. The van der Waals surface area contributed by atoms with E-state index in [0.29, 0.717) is 18.1 Å². The molecule has 0 amide bonds. The summed E-state index contributed by atoms with van der Waals surface area (Å²) in [7, 11) is -3.58. The van der Waals surface area contributed by atoms with Crippen LogP contribution >= 0.6 is 23.1 Å². The lowest BCUT2D eigenvalue weighted by atomic mass is 10.8. The van der Waals surface area contributed by atoms with Crippen molar-refractivity contribution in [3.63, 3.8) is 0 Å². The number of nitrogens with one attached hydrogen (secondary N) is 1. The summed E-state index contributed by atoms with van der Waals surface area (Å²) in [6, 6.07) is 0. The van der Waals surface area contributed by atoms with Crippen LogP contribution in [0.5, 0.6) is 0 Å². The third kappa shape index (κ3) is 3.97. The monoisotopic (exact) mass is 278 g/mol. The fourth-order valence-corrected chi connectivity index (χ4v) is 3.26. The summed E-state index contributed by atoms with van der Waals surface area (Å²) in [5.41, 5.74) is 5.30. The van der Waals surface area contributed by atoms with Gasteiger partial charge in [-0.25, -0.2) is 13.1 Å². The van der Waals surface area contributed by atoms with Gasteiger partial charge in [-0.15, -0.1) is 28.4 Å². The topological polar surface area (TPSA) is 98.0 Å². The number of thioether (sulfide) groups is 1. The van der Waals surface area contributed by atoms with Crippen molar-refractivity contribution in [2.75, 3.05) is 23.8 Å². The first-order chi connectivity index (χ1) is 7.56. The van der Waals surface area contributed by atoms with E-state index in [1.54, 1.807) is 0 Å². The Morgan fingerprint density at radius 1 is 1.56 bits per heavy atom. The van der Waals surface area contributed by atoms with E-state index in [9.17, 15) is 8.42 Å². The highest BCUT2D eigenvalue weighted by Gasteiger charge is 2.18. The highest BCUT2D eigenvalue weighted by Crippen LogP contribution is 2.16. The lowest BCUT2D eigenvalue weighted by Gasteiger charge is -2.01. The Labute approximate surface area is 102 Å². The summed E-state index contributed by atoms with van der Waals surface area (Å²) < 4.78 is 25.4. The molecule has 88 valence electrons. The zero-order valence-corrected chi connectivity index (χ0v) is 10.7. The van der Waals surface area contributed by atoms with Gasteiger partial charge in [-0.3, -0.25) is 0 Å². The fraction of sp³-hybridized carbons (Fsp3) is 0.429. The van der Waals surface area contributed by atoms with E-state index in [1.165, 1.54) is 11.8 Å². The molecular formula is C7H10N4O2S3. The molecule has 0 aliphatic heterocycles. The van der Waals surface area contributed by atoms with Crippen molar-refractivity contribution in [3.05, 3.63) is 0 Å². The molecule has 0 aliphatic rings. The van der Waals surface area contributed by atoms with Gasteiger partial charge in [0.15, 0.2) is 0 Å². The summed E-state index contributed by atoms with van der Waals surface area (Å²) in [5, 5.41) is 7.02. The van der Waals surface area contributed by atoms with Gasteiger partial charge in [0.25, 0.3) is 10.0 Å². The van der Waals surface area contributed by atoms with Crippen LogP contribution in [0.1, 0.15) is 0 Å². The Balaban J connectivity index is 2.45. The van der Waals surface area contributed by atoms with E-state index in [2.05, 4.69) is 20.8 Å². The molecule has 0 saturated carbocycles. The molecule has 1 heterocycles. The number of aromatic nitrogens is 2. The molecule has 0 atom stereocenters. The summed E-state index contributed by atoms with van der Waals surface area (Å²) in [5.74, 6) is 3.62. The molecule has 3 N–H and O–H groups in total. The van der Waals surface area contributed by atoms with E-state index in [-0.39, 0.29) is 9.47 Å². The lowest BCUT2D eigenvalue weighted by Crippen LogP contribution is -2.26. The predicted octanol–water partition coefficient (Wildman–Crippen LogP) is -0.235. The smallest absolute Gasteiger partial charge is 0.269 e. The van der Waals surface area contributed by atoms with E-state index < -0.39 is 10.0 Å².